The molecule has 0 saturated carbocycles. The third-order valence-corrected chi connectivity index (χ3v) is 3.88. The molecule has 26 heavy (non-hydrogen) atoms. The van der Waals surface area contributed by atoms with E-state index in [4.69, 9.17) is 18.9 Å². The summed E-state index contributed by atoms with van der Waals surface area (Å²) in [7, 11) is 0. The van der Waals surface area contributed by atoms with E-state index in [9.17, 15) is 0 Å². The van der Waals surface area contributed by atoms with Crippen LogP contribution in [0.5, 0.6) is 23.0 Å². The Bertz CT molecular complexity index is 993. The van der Waals surface area contributed by atoms with Gasteiger partial charge in [0, 0.05) is 46.5 Å². The molecule has 4 heteroatoms. The minimum absolute atomic E-state index is 0.212. The van der Waals surface area contributed by atoms with Crippen molar-refractivity contribution < 1.29 is 18.9 Å². The van der Waals surface area contributed by atoms with E-state index < -0.39 is 0 Å². The van der Waals surface area contributed by atoms with Gasteiger partial charge in [0.1, 0.15) is 0 Å². The first-order valence-electron chi connectivity index (χ1n) is 8.03. The third kappa shape index (κ3) is 2.88. The Morgan fingerprint density at radius 1 is 0.538 bits per heavy atom. The van der Waals surface area contributed by atoms with Gasteiger partial charge >= 0.3 is 0 Å². The van der Waals surface area contributed by atoms with Crippen LogP contribution in [0.2, 0.25) is 0 Å². The van der Waals surface area contributed by atoms with Crippen LogP contribution in [-0.4, -0.2) is 13.6 Å². The lowest BCUT2D eigenvalue weighted by Gasteiger charge is -2.02. The van der Waals surface area contributed by atoms with Crippen LogP contribution in [0.1, 0.15) is 36.1 Å². The zero-order valence-corrected chi connectivity index (χ0v) is 14.4. The standard InChI is InChI=1S/C22H14O4/c1-3-5-15-9-19-21(25-13-23-19)11-17(15)7-8-18-12-22-20(24-14-26-22)10-16(18)6-4-2/h9-12H,13-14H2,1-2H3. The highest BCUT2D eigenvalue weighted by Crippen LogP contribution is 2.36. The number of fused-ring (bicyclic) bond motifs is 2. The highest BCUT2D eigenvalue weighted by molar-refractivity contribution is 5.63. The van der Waals surface area contributed by atoms with E-state index in [0.29, 0.717) is 23.0 Å². The summed E-state index contributed by atoms with van der Waals surface area (Å²) in [6, 6.07) is 7.42. The molecule has 0 amide bonds. The Labute approximate surface area is 152 Å². The molecule has 2 aliphatic rings. The van der Waals surface area contributed by atoms with Gasteiger partial charge < -0.3 is 18.9 Å². The molecule has 126 valence electrons. The summed E-state index contributed by atoms with van der Waals surface area (Å²) in [6.07, 6.45) is 0. The molecule has 0 fully saturated rings. The first-order chi connectivity index (χ1) is 12.8. The topological polar surface area (TPSA) is 36.9 Å². The van der Waals surface area contributed by atoms with Gasteiger partial charge in [-0.25, -0.2) is 0 Å². The van der Waals surface area contributed by atoms with Crippen LogP contribution in [0.3, 0.4) is 0 Å². The van der Waals surface area contributed by atoms with Gasteiger partial charge in [-0.2, -0.15) is 0 Å². The molecular weight excluding hydrogens is 328 g/mol. The summed E-state index contributed by atoms with van der Waals surface area (Å²) in [5, 5.41) is 0. The largest absolute Gasteiger partial charge is 0.454 e. The number of benzene rings is 2. The van der Waals surface area contributed by atoms with Crippen LogP contribution in [-0.2, 0) is 0 Å². The van der Waals surface area contributed by atoms with Crippen LogP contribution in [0.4, 0.5) is 0 Å². The van der Waals surface area contributed by atoms with E-state index in [0.717, 1.165) is 22.3 Å². The molecule has 4 nitrogen and oxygen atoms in total. The van der Waals surface area contributed by atoms with Crippen LogP contribution >= 0.6 is 0 Å². The molecule has 0 atom stereocenters. The van der Waals surface area contributed by atoms with Gasteiger partial charge in [0.15, 0.2) is 23.0 Å². The molecule has 0 unspecified atom stereocenters. The Hall–Kier alpha value is -3.68. The summed E-state index contributed by atoms with van der Waals surface area (Å²) in [5.41, 5.74) is 3.15. The van der Waals surface area contributed by atoms with E-state index in [-0.39, 0.29) is 13.6 Å². The number of ether oxygens (including phenoxy) is 4. The van der Waals surface area contributed by atoms with E-state index >= 15 is 0 Å². The van der Waals surface area contributed by atoms with Gasteiger partial charge in [-0.1, -0.05) is 23.7 Å². The predicted molar refractivity (Wildman–Crippen MR) is 96.2 cm³/mol. The van der Waals surface area contributed by atoms with Gasteiger partial charge in [-0.05, 0) is 13.8 Å². The normalized spacial score (nSPS) is 12.2. The zero-order valence-electron chi connectivity index (χ0n) is 14.4. The van der Waals surface area contributed by atoms with Gasteiger partial charge in [0.05, 0.1) is 0 Å². The average molecular weight is 342 g/mol. The minimum atomic E-state index is 0.212. The summed E-state index contributed by atoms with van der Waals surface area (Å²) < 4.78 is 21.7. The third-order valence-electron chi connectivity index (χ3n) is 3.88. The highest BCUT2D eigenvalue weighted by Gasteiger charge is 2.17. The lowest BCUT2D eigenvalue weighted by molar-refractivity contribution is 0.173. The minimum Gasteiger partial charge on any atom is -0.454 e. The lowest BCUT2D eigenvalue weighted by Crippen LogP contribution is -1.92. The molecule has 2 aromatic carbocycles. The molecule has 2 heterocycles. The molecule has 2 aromatic rings. The van der Waals surface area contributed by atoms with E-state index in [1.807, 2.05) is 24.3 Å². The molecule has 0 N–H and O–H groups in total. The second-order valence-electron chi connectivity index (χ2n) is 5.50. The fourth-order valence-corrected chi connectivity index (χ4v) is 2.70. The van der Waals surface area contributed by atoms with Gasteiger partial charge in [0.2, 0.25) is 13.6 Å². The first kappa shape index (κ1) is 15.8. The van der Waals surface area contributed by atoms with Crippen LogP contribution in [0.25, 0.3) is 0 Å². The van der Waals surface area contributed by atoms with Crippen LogP contribution in [0.15, 0.2) is 24.3 Å². The van der Waals surface area contributed by atoms with Gasteiger partial charge in [-0.15, -0.1) is 11.8 Å². The molecule has 0 bridgehead atoms. The van der Waals surface area contributed by atoms with Crippen molar-refractivity contribution in [2.24, 2.45) is 0 Å². The Kier molecular flexibility index (Phi) is 4.06. The maximum absolute atomic E-state index is 5.45. The Morgan fingerprint density at radius 3 is 1.15 bits per heavy atom. The van der Waals surface area contributed by atoms with Crippen LogP contribution in [0, 0.1) is 35.5 Å². The van der Waals surface area contributed by atoms with Crippen molar-refractivity contribution in [1.29, 1.82) is 0 Å². The second-order valence-corrected chi connectivity index (χ2v) is 5.50. The molecule has 4 rings (SSSR count). The lowest BCUT2D eigenvalue weighted by atomic mass is 10.0. The smallest absolute Gasteiger partial charge is 0.231 e. The van der Waals surface area contributed by atoms with Gasteiger partial charge in [0.25, 0.3) is 0 Å². The highest BCUT2D eigenvalue weighted by atomic mass is 16.7. The molecular formula is C22H14O4. The molecule has 0 aromatic heterocycles. The Balaban J connectivity index is 1.81. The number of rotatable bonds is 0. The maximum atomic E-state index is 5.45. The molecule has 2 aliphatic heterocycles. The van der Waals surface area contributed by atoms with Crippen molar-refractivity contribution in [3.63, 3.8) is 0 Å². The van der Waals surface area contributed by atoms with E-state index in [2.05, 4.69) is 35.5 Å². The van der Waals surface area contributed by atoms with Crippen LogP contribution < -0.4 is 18.9 Å². The maximum Gasteiger partial charge on any atom is 0.231 e. The Morgan fingerprint density at radius 2 is 0.846 bits per heavy atom. The summed E-state index contributed by atoms with van der Waals surface area (Å²) in [5.74, 6) is 21.0. The molecule has 0 spiro atoms. The predicted octanol–water partition coefficient (Wildman–Crippen LogP) is 3.29. The van der Waals surface area contributed by atoms with Crippen molar-refractivity contribution in [3.8, 4) is 58.5 Å². The van der Waals surface area contributed by atoms with Crippen molar-refractivity contribution >= 4 is 0 Å². The molecule has 0 radical (unpaired) electrons. The summed E-state index contributed by atoms with van der Waals surface area (Å²) in [6.45, 7) is 4.00. The number of hydrogen-bond acceptors (Lipinski definition) is 4. The molecule has 0 aliphatic carbocycles. The quantitative estimate of drug-likeness (QED) is 0.689. The first-order valence-corrected chi connectivity index (χ1v) is 8.03. The van der Waals surface area contributed by atoms with Crippen molar-refractivity contribution in [3.05, 3.63) is 46.5 Å². The monoisotopic (exact) mass is 342 g/mol. The van der Waals surface area contributed by atoms with Crippen molar-refractivity contribution in [2.45, 2.75) is 13.8 Å². The average Bonchev–Trinajstić information content (AvgIpc) is 3.28. The van der Waals surface area contributed by atoms with Crippen molar-refractivity contribution in [1.82, 2.24) is 0 Å². The zero-order chi connectivity index (χ0) is 17.9. The fourth-order valence-electron chi connectivity index (χ4n) is 2.70. The number of hydrogen-bond donors (Lipinski definition) is 0. The van der Waals surface area contributed by atoms with Crippen molar-refractivity contribution in [2.75, 3.05) is 13.6 Å². The van der Waals surface area contributed by atoms with E-state index in [1.54, 1.807) is 13.8 Å². The van der Waals surface area contributed by atoms with Gasteiger partial charge in [-0.3, -0.25) is 0 Å². The molecule has 0 saturated heterocycles. The summed E-state index contributed by atoms with van der Waals surface area (Å²) in [4.78, 5) is 0. The summed E-state index contributed by atoms with van der Waals surface area (Å²) >= 11 is 0. The second kappa shape index (κ2) is 6.67. The van der Waals surface area contributed by atoms with E-state index in [1.165, 1.54) is 0 Å². The SMILES string of the molecule is CC#Cc1cc2c(cc1C#Cc1cc3c(cc1C#CC)OCO3)OCO2. The fraction of sp³-hybridized carbons (Fsp3) is 0.182.